The first-order valence-corrected chi connectivity index (χ1v) is 10.2. The summed E-state index contributed by atoms with van der Waals surface area (Å²) in [5.74, 6) is -0.536. The molecular weight excluding hydrogens is 382 g/mol. The van der Waals surface area contributed by atoms with Gasteiger partial charge in [-0.15, -0.1) is 0 Å². The van der Waals surface area contributed by atoms with Gasteiger partial charge < -0.3 is 5.32 Å². The molecule has 9 heteroatoms. The Labute approximate surface area is 164 Å². The lowest BCUT2D eigenvalue weighted by Gasteiger charge is -2.20. The molecule has 0 heterocycles. The van der Waals surface area contributed by atoms with Gasteiger partial charge in [0.05, 0.1) is 9.82 Å². The second kappa shape index (κ2) is 8.94. The molecule has 0 saturated heterocycles. The van der Waals surface area contributed by atoms with E-state index < -0.39 is 26.9 Å². The molecule has 0 bridgehead atoms. The van der Waals surface area contributed by atoms with Crippen molar-refractivity contribution in [1.82, 2.24) is 4.72 Å². The summed E-state index contributed by atoms with van der Waals surface area (Å²) in [5.41, 5.74) is 0.974. The van der Waals surface area contributed by atoms with E-state index in [2.05, 4.69) is 10.0 Å². The van der Waals surface area contributed by atoms with Crippen LogP contribution in [0.3, 0.4) is 0 Å². The first-order chi connectivity index (χ1) is 13.1. The van der Waals surface area contributed by atoms with E-state index in [0.717, 1.165) is 5.56 Å². The lowest BCUT2D eigenvalue weighted by Crippen LogP contribution is -2.44. The number of nitrogens with zero attached hydrogens (tertiary/aromatic N) is 1. The monoisotopic (exact) mass is 405 g/mol. The number of aryl methyl sites for hydroxylation is 1. The van der Waals surface area contributed by atoms with Crippen LogP contribution < -0.4 is 10.0 Å². The highest BCUT2D eigenvalue weighted by Crippen LogP contribution is 2.19. The molecule has 0 saturated carbocycles. The molecule has 0 aliphatic heterocycles. The maximum atomic E-state index is 12.7. The van der Waals surface area contributed by atoms with Crippen molar-refractivity contribution in [2.75, 3.05) is 5.32 Å². The number of non-ortho nitro benzene ring substituents is 1. The maximum Gasteiger partial charge on any atom is 0.271 e. The predicted octanol–water partition coefficient (Wildman–Crippen LogP) is 3.23. The Hall–Kier alpha value is -2.78. The van der Waals surface area contributed by atoms with Gasteiger partial charge in [-0.1, -0.05) is 37.6 Å². The minimum Gasteiger partial charge on any atom is -0.324 e. The number of nitro groups is 1. The third-order valence-electron chi connectivity index (χ3n) is 3.98. The largest absolute Gasteiger partial charge is 0.324 e. The molecule has 0 unspecified atom stereocenters. The van der Waals surface area contributed by atoms with E-state index in [1.54, 1.807) is 12.1 Å². The molecule has 0 aromatic heterocycles. The fraction of sp³-hybridized carbons (Fsp3) is 0.316. The standard InChI is InChI=1S/C19H23N3O5S/c1-13(2)11-18(21-28(26,27)17-9-7-14(3)8-10-17)19(23)20-15-5-4-6-16(12-15)22(24)25/h4-10,12-13,18,21H,11H2,1-3H3,(H,20,23)/t18-/m0/s1. The molecule has 2 aromatic rings. The van der Waals surface area contributed by atoms with Crippen molar-refractivity contribution in [2.24, 2.45) is 5.92 Å². The molecule has 150 valence electrons. The van der Waals surface area contributed by atoms with Gasteiger partial charge in [-0.25, -0.2) is 8.42 Å². The van der Waals surface area contributed by atoms with Crippen molar-refractivity contribution in [1.29, 1.82) is 0 Å². The number of rotatable bonds is 8. The van der Waals surface area contributed by atoms with Gasteiger partial charge in [-0.3, -0.25) is 14.9 Å². The summed E-state index contributed by atoms with van der Waals surface area (Å²) in [4.78, 5) is 23.1. The number of carbonyl (C=O) groups is 1. The third-order valence-corrected chi connectivity index (χ3v) is 5.46. The van der Waals surface area contributed by atoms with E-state index >= 15 is 0 Å². The van der Waals surface area contributed by atoms with E-state index in [4.69, 9.17) is 0 Å². The Morgan fingerprint density at radius 1 is 1.14 bits per heavy atom. The fourth-order valence-electron chi connectivity index (χ4n) is 2.58. The zero-order valence-corrected chi connectivity index (χ0v) is 16.7. The summed E-state index contributed by atoms with van der Waals surface area (Å²) in [6, 6.07) is 10.8. The zero-order chi connectivity index (χ0) is 20.9. The van der Waals surface area contributed by atoms with Gasteiger partial charge in [-0.2, -0.15) is 4.72 Å². The number of sulfonamides is 1. The molecule has 8 nitrogen and oxygen atoms in total. The minimum absolute atomic E-state index is 0.0431. The average Bonchev–Trinajstić information content (AvgIpc) is 2.61. The van der Waals surface area contributed by atoms with Crippen molar-refractivity contribution >= 4 is 27.3 Å². The molecule has 0 radical (unpaired) electrons. The highest BCUT2D eigenvalue weighted by atomic mass is 32.2. The summed E-state index contributed by atoms with van der Waals surface area (Å²) >= 11 is 0. The van der Waals surface area contributed by atoms with Crippen LogP contribution in [0, 0.1) is 23.0 Å². The van der Waals surface area contributed by atoms with E-state index in [9.17, 15) is 23.3 Å². The SMILES string of the molecule is Cc1ccc(S(=O)(=O)N[C@@H](CC(C)C)C(=O)Nc2cccc([N+](=O)[O-])c2)cc1. The van der Waals surface area contributed by atoms with Gasteiger partial charge in [0.25, 0.3) is 5.69 Å². The molecule has 2 N–H and O–H groups in total. The summed E-state index contributed by atoms with van der Waals surface area (Å²) in [7, 11) is -3.90. The van der Waals surface area contributed by atoms with Gasteiger partial charge in [-0.05, 0) is 37.5 Å². The summed E-state index contributed by atoms with van der Waals surface area (Å²) in [6.07, 6.45) is 0.270. The van der Waals surface area contributed by atoms with Crippen molar-refractivity contribution in [3.8, 4) is 0 Å². The van der Waals surface area contributed by atoms with Crippen molar-refractivity contribution in [3.05, 3.63) is 64.2 Å². The number of nitro benzene ring substituents is 1. The molecule has 2 aromatic carbocycles. The maximum absolute atomic E-state index is 12.7. The number of anilines is 1. The summed E-state index contributed by atoms with van der Waals surface area (Å²) in [6.45, 7) is 5.58. The van der Waals surface area contributed by atoms with Crippen LogP contribution in [0.15, 0.2) is 53.4 Å². The molecule has 28 heavy (non-hydrogen) atoms. The second-order valence-electron chi connectivity index (χ2n) is 6.91. The lowest BCUT2D eigenvalue weighted by atomic mass is 10.0. The smallest absolute Gasteiger partial charge is 0.271 e. The predicted molar refractivity (Wildman–Crippen MR) is 106 cm³/mol. The Kier molecular flexibility index (Phi) is 6.87. The number of hydrogen-bond acceptors (Lipinski definition) is 5. The lowest BCUT2D eigenvalue weighted by molar-refractivity contribution is -0.384. The fourth-order valence-corrected chi connectivity index (χ4v) is 3.79. The van der Waals surface area contributed by atoms with Crippen LogP contribution in [0.4, 0.5) is 11.4 Å². The Bertz CT molecular complexity index is 956. The van der Waals surface area contributed by atoms with E-state index in [-0.39, 0.29) is 28.6 Å². The molecule has 2 rings (SSSR count). The van der Waals surface area contributed by atoms with Gasteiger partial charge >= 0.3 is 0 Å². The van der Waals surface area contributed by atoms with Crippen molar-refractivity contribution < 1.29 is 18.1 Å². The van der Waals surface area contributed by atoms with Crippen LogP contribution in [0.5, 0.6) is 0 Å². The molecular formula is C19H23N3O5S. The highest BCUT2D eigenvalue weighted by Gasteiger charge is 2.27. The Morgan fingerprint density at radius 2 is 1.79 bits per heavy atom. The van der Waals surface area contributed by atoms with Gasteiger partial charge in [0.15, 0.2) is 0 Å². The van der Waals surface area contributed by atoms with Gasteiger partial charge in [0.2, 0.25) is 15.9 Å². The van der Waals surface area contributed by atoms with Crippen LogP contribution in [-0.4, -0.2) is 25.3 Å². The van der Waals surface area contributed by atoms with Crippen LogP contribution in [-0.2, 0) is 14.8 Å². The van der Waals surface area contributed by atoms with E-state index in [0.29, 0.717) is 0 Å². The number of nitrogens with one attached hydrogen (secondary N) is 2. The molecule has 1 amide bonds. The Morgan fingerprint density at radius 3 is 2.36 bits per heavy atom. The van der Waals surface area contributed by atoms with Crippen LogP contribution in [0.2, 0.25) is 0 Å². The molecule has 0 aliphatic carbocycles. The number of carbonyl (C=O) groups excluding carboxylic acids is 1. The van der Waals surface area contributed by atoms with Gasteiger partial charge in [0, 0.05) is 17.8 Å². The van der Waals surface area contributed by atoms with Gasteiger partial charge in [0.1, 0.15) is 6.04 Å². The van der Waals surface area contributed by atoms with E-state index in [1.807, 2.05) is 20.8 Å². The van der Waals surface area contributed by atoms with Crippen LogP contribution in [0.25, 0.3) is 0 Å². The van der Waals surface area contributed by atoms with E-state index in [1.165, 1.54) is 36.4 Å². The molecule has 0 fully saturated rings. The number of benzene rings is 2. The number of hydrogen-bond donors (Lipinski definition) is 2. The van der Waals surface area contributed by atoms with Crippen LogP contribution >= 0.6 is 0 Å². The Balaban J connectivity index is 2.22. The highest BCUT2D eigenvalue weighted by molar-refractivity contribution is 7.89. The minimum atomic E-state index is -3.90. The molecule has 0 aliphatic rings. The second-order valence-corrected chi connectivity index (χ2v) is 8.63. The first kappa shape index (κ1) is 21.5. The number of amides is 1. The summed E-state index contributed by atoms with van der Waals surface area (Å²) in [5, 5.41) is 13.4. The van der Waals surface area contributed by atoms with Crippen LogP contribution in [0.1, 0.15) is 25.8 Å². The quantitative estimate of drug-likeness (QED) is 0.516. The first-order valence-electron chi connectivity index (χ1n) is 8.73. The molecule has 1 atom stereocenters. The topological polar surface area (TPSA) is 118 Å². The summed E-state index contributed by atoms with van der Waals surface area (Å²) < 4.78 is 27.8. The van der Waals surface area contributed by atoms with Crippen molar-refractivity contribution in [3.63, 3.8) is 0 Å². The zero-order valence-electron chi connectivity index (χ0n) is 15.9. The average molecular weight is 405 g/mol. The molecule has 0 spiro atoms. The van der Waals surface area contributed by atoms with Crippen molar-refractivity contribution in [2.45, 2.75) is 38.1 Å². The normalized spacial score (nSPS) is 12.6. The third kappa shape index (κ3) is 5.86.